The van der Waals surface area contributed by atoms with Gasteiger partial charge in [0.2, 0.25) is 5.16 Å². The van der Waals surface area contributed by atoms with Gasteiger partial charge in [0.15, 0.2) is 5.13 Å². The van der Waals surface area contributed by atoms with Crippen molar-refractivity contribution in [2.45, 2.75) is 23.1 Å². The number of anilines is 1. The number of nitrogen functional groups attached to an aromatic ring is 1. The van der Waals surface area contributed by atoms with Gasteiger partial charge in [-0.2, -0.15) is 0 Å². The van der Waals surface area contributed by atoms with Crippen molar-refractivity contribution in [2.75, 3.05) is 17.2 Å². The van der Waals surface area contributed by atoms with Gasteiger partial charge in [0, 0.05) is 22.4 Å². The molecule has 0 aromatic carbocycles. The Bertz CT molecular complexity index is 1280. The lowest BCUT2D eigenvalue weighted by molar-refractivity contribution is -0.150. The number of fused-ring (bicyclic) bond motifs is 1. The molecule has 1 unspecified atom stereocenters. The number of tetrazole rings is 1. The van der Waals surface area contributed by atoms with Crippen LogP contribution in [0, 0.1) is 0 Å². The van der Waals surface area contributed by atoms with Gasteiger partial charge in [-0.3, -0.25) is 19.3 Å². The third-order valence-corrected chi connectivity index (χ3v) is 8.12. The Morgan fingerprint density at radius 3 is 2.77 bits per heavy atom. The Kier molecular flexibility index (Phi) is 7.29. The summed E-state index contributed by atoms with van der Waals surface area (Å²) in [5, 5.41) is 33.5. The largest absolute Gasteiger partial charge is 0.480 e. The average molecular weight is 559 g/mol. The van der Waals surface area contributed by atoms with Crippen molar-refractivity contribution in [3.8, 4) is 0 Å². The molecule has 2 aromatic rings. The fraction of sp³-hybridized carbons (Fsp3) is 0.294. The van der Waals surface area contributed by atoms with Crippen molar-refractivity contribution in [3.05, 3.63) is 27.9 Å². The van der Waals surface area contributed by atoms with Gasteiger partial charge >= 0.3 is 11.9 Å². The number of carboxylic acid groups (broad SMARTS) is 2. The van der Waals surface area contributed by atoms with Gasteiger partial charge in [-0.1, -0.05) is 23.4 Å². The molecule has 35 heavy (non-hydrogen) atoms. The van der Waals surface area contributed by atoms with Gasteiger partial charge in [-0.15, -0.1) is 28.2 Å². The van der Waals surface area contributed by atoms with Crippen LogP contribution in [0.25, 0.3) is 5.57 Å². The number of aromatic nitrogens is 5. The predicted octanol–water partition coefficient (Wildman–Crippen LogP) is -0.0930. The smallest absolute Gasteiger partial charge is 0.352 e. The molecule has 1 fully saturated rings. The number of carbonyl (C=O) groups is 4. The van der Waals surface area contributed by atoms with Gasteiger partial charge in [-0.05, 0) is 16.0 Å². The Labute approximate surface area is 213 Å². The quantitative estimate of drug-likeness (QED) is 0.180. The van der Waals surface area contributed by atoms with Gasteiger partial charge < -0.3 is 21.3 Å². The Morgan fingerprint density at radius 1 is 1.37 bits per heavy atom. The minimum absolute atomic E-state index is 0.0249. The molecule has 0 saturated carbocycles. The lowest BCUT2D eigenvalue weighted by Crippen LogP contribution is -2.70. The van der Waals surface area contributed by atoms with Crippen LogP contribution >= 0.6 is 46.5 Å². The number of halogens is 1. The van der Waals surface area contributed by atoms with E-state index in [1.54, 1.807) is 5.38 Å². The molecule has 184 valence electrons. The number of β-lactam (4-membered cyclic amide) rings is 1. The molecule has 0 spiro atoms. The second-order valence-electron chi connectivity index (χ2n) is 7.01. The average Bonchev–Trinajstić information content (AvgIpc) is 3.43. The summed E-state index contributed by atoms with van der Waals surface area (Å²) in [6, 6.07) is -0.957. The SMILES string of the molecule is Nc1nc(/C(=C\Cl)C(=O)NC2C(=O)N3C(C(=O)O)=C(CSc4nnnn4CC(=O)O)CS[C@H]23)cs1. The molecular weight excluding hydrogens is 544 g/mol. The van der Waals surface area contributed by atoms with E-state index < -0.39 is 41.7 Å². The van der Waals surface area contributed by atoms with Gasteiger partial charge in [0.05, 0.1) is 11.3 Å². The van der Waals surface area contributed by atoms with Crippen LogP contribution in [0.15, 0.2) is 27.3 Å². The van der Waals surface area contributed by atoms with Crippen LogP contribution in [-0.2, 0) is 25.7 Å². The van der Waals surface area contributed by atoms with Crippen molar-refractivity contribution in [3.63, 3.8) is 0 Å². The minimum Gasteiger partial charge on any atom is -0.480 e. The Balaban J connectivity index is 1.47. The van der Waals surface area contributed by atoms with E-state index >= 15 is 0 Å². The summed E-state index contributed by atoms with van der Waals surface area (Å²) in [6.07, 6.45) is 0. The maximum Gasteiger partial charge on any atom is 0.352 e. The lowest BCUT2D eigenvalue weighted by Gasteiger charge is -2.49. The summed E-state index contributed by atoms with van der Waals surface area (Å²) >= 11 is 9.25. The second-order valence-corrected chi connectivity index (χ2v) is 10.2. The van der Waals surface area contributed by atoms with Crippen molar-refractivity contribution in [1.82, 2.24) is 35.4 Å². The van der Waals surface area contributed by atoms with Crippen LogP contribution in [0.1, 0.15) is 5.69 Å². The zero-order valence-corrected chi connectivity index (χ0v) is 20.5. The third kappa shape index (κ3) is 4.97. The molecule has 0 bridgehead atoms. The number of aliphatic carboxylic acids is 2. The molecular formula is C17H15ClN8O6S3. The maximum atomic E-state index is 12.9. The summed E-state index contributed by atoms with van der Waals surface area (Å²) in [4.78, 5) is 53.7. The first-order valence-corrected chi connectivity index (χ1v) is 12.9. The highest BCUT2D eigenvalue weighted by Crippen LogP contribution is 2.41. The maximum absolute atomic E-state index is 12.9. The molecule has 1 saturated heterocycles. The number of rotatable bonds is 9. The molecule has 5 N–H and O–H groups in total. The zero-order chi connectivity index (χ0) is 25.3. The van der Waals surface area contributed by atoms with E-state index in [1.807, 2.05) is 0 Å². The topological polar surface area (TPSA) is 207 Å². The summed E-state index contributed by atoms with van der Waals surface area (Å²) in [7, 11) is 0. The number of nitrogens with zero attached hydrogens (tertiary/aromatic N) is 6. The van der Waals surface area contributed by atoms with Gasteiger partial charge in [-0.25, -0.2) is 14.5 Å². The van der Waals surface area contributed by atoms with Crippen LogP contribution in [0.3, 0.4) is 0 Å². The van der Waals surface area contributed by atoms with Crippen LogP contribution in [-0.4, -0.2) is 87.0 Å². The normalized spacial score (nSPS) is 19.9. The molecule has 2 aliphatic heterocycles. The molecule has 4 rings (SSSR count). The minimum atomic E-state index is -1.30. The molecule has 2 atom stereocenters. The van der Waals surface area contributed by atoms with Gasteiger partial charge in [0.25, 0.3) is 11.8 Å². The lowest BCUT2D eigenvalue weighted by atomic mass is 10.0. The number of amides is 2. The monoisotopic (exact) mass is 558 g/mol. The molecule has 0 aliphatic carbocycles. The van der Waals surface area contributed by atoms with E-state index in [-0.39, 0.29) is 38.8 Å². The number of hydrogen-bond donors (Lipinski definition) is 4. The molecule has 2 aliphatic rings. The molecule has 14 nitrogen and oxygen atoms in total. The van der Waals surface area contributed by atoms with Crippen molar-refractivity contribution in [2.24, 2.45) is 0 Å². The summed E-state index contributed by atoms with van der Waals surface area (Å²) in [5.74, 6) is -3.28. The summed E-state index contributed by atoms with van der Waals surface area (Å²) < 4.78 is 1.07. The molecule has 2 aromatic heterocycles. The van der Waals surface area contributed by atoms with Crippen molar-refractivity contribution in [1.29, 1.82) is 0 Å². The van der Waals surface area contributed by atoms with E-state index in [9.17, 15) is 24.3 Å². The summed E-state index contributed by atoms with van der Waals surface area (Å²) in [5.41, 5.74) is 7.17. The molecule has 2 amide bonds. The van der Waals surface area contributed by atoms with Crippen LogP contribution < -0.4 is 11.1 Å². The van der Waals surface area contributed by atoms with Crippen molar-refractivity contribution >= 4 is 80.9 Å². The van der Waals surface area contributed by atoms with Crippen LogP contribution in [0.2, 0.25) is 0 Å². The van der Waals surface area contributed by atoms with E-state index in [1.165, 1.54) is 11.8 Å². The predicted molar refractivity (Wildman–Crippen MR) is 126 cm³/mol. The number of hydrogen-bond acceptors (Lipinski definition) is 12. The zero-order valence-electron chi connectivity index (χ0n) is 17.3. The second kappa shape index (κ2) is 10.2. The van der Waals surface area contributed by atoms with E-state index in [0.29, 0.717) is 5.57 Å². The first-order chi connectivity index (χ1) is 16.7. The highest BCUT2D eigenvalue weighted by atomic mass is 35.5. The van der Waals surface area contributed by atoms with E-state index in [2.05, 4.69) is 25.8 Å². The molecule has 4 heterocycles. The number of carboxylic acids is 2. The van der Waals surface area contributed by atoms with E-state index in [0.717, 1.165) is 38.2 Å². The van der Waals surface area contributed by atoms with Crippen LogP contribution in [0.5, 0.6) is 0 Å². The number of carbonyl (C=O) groups excluding carboxylic acids is 2. The Hall–Kier alpha value is -3.15. The van der Waals surface area contributed by atoms with Crippen molar-refractivity contribution < 1.29 is 29.4 Å². The standard InChI is InChI=1S/C17H15ClN8O6S3/c18-1-7(8-5-34-16(19)20-8)12(29)21-10-13(30)26-11(15(31)32)6(3-33-14(10)26)4-35-17-22-23-24-25(17)2-9(27)28/h1,5,10,14H,2-4H2,(H2,19,20)(H,21,29)(H,27,28)(H,31,32)/b7-1+/t10?,14-/m1/s1. The highest BCUT2D eigenvalue weighted by molar-refractivity contribution is 8.01. The molecule has 0 radical (unpaired) electrons. The van der Waals surface area contributed by atoms with Crippen LogP contribution in [0.4, 0.5) is 5.13 Å². The Morgan fingerprint density at radius 2 is 2.14 bits per heavy atom. The van der Waals surface area contributed by atoms with Gasteiger partial charge in [0.1, 0.15) is 23.7 Å². The third-order valence-electron chi connectivity index (χ3n) is 4.85. The van der Waals surface area contributed by atoms with E-state index in [4.69, 9.17) is 22.4 Å². The fourth-order valence-corrected chi connectivity index (χ4v) is 6.46. The number of thioether (sulfide) groups is 2. The number of nitrogens with one attached hydrogen (secondary N) is 1. The first-order valence-electron chi connectivity index (χ1n) is 9.54. The first kappa shape index (κ1) is 25.0. The fourth-order valence-electron chi connectivity index (χ4n) is 3.33. The molecule has 18 heteroatoms. The highest BCUT2D eigenvalue weighted by Gasteiger charge is 2.54. The number of thiazole rings is 1. The summed E-state index contributed by atoms with van der Waals surface area (Å²) in [6.45, 7) is -0.449. The number of nitrogens with two attached hydrogens (primary N) is 1.